The third kappa shape index (κ3) is 2.59. The van der Waals surface area contributed by atoms with Crippen LogP contribution in [0.2, 0.25) is 0 Å². The molecule has 1 aromatic carbocycles. The van der Waals surface area contributed by atoms with E-state index in [4.69, 9.17) is 0 Å². The van der Waals surface area contributed by atoms with Gasteiger partial charge in [-0.05, 0) is 32.9 Å². The molecule has 1 heterocycles. The fourth-order valence-electron chi connectivity index (χ4n) is 2.12. The molecular weight excluding hydrogens is 228 g/mol. The lowest BCUT2D eigenvalue weighted by atomic mass is 10.1. The summed E-state index contributed by atoms with van der Waals surface area (Å²) in [5.41, 5.74) is 0.457. The number of carbonyl (C=O) groups is 2. The lowest BCUT2D eigenvalue weighted by molar-refractivity contribution is -0.121. The van der Waals surface area contributed by atoms with Crippen molar-refractivity contribution in [2.75, 3.05) is 4.90 Å². The molecule has 0 radical (unpaired) electrons. The van der Waals surface area contributed by atoms with Gasteiger partial charge in [0.1, 0.15) is 0 Å². The zero-order valence-electron chi connectivity index (χ0n) is 10.9. The Balaban J connectivity index is 2.20. The standard InChI is InChI=1S/C14H18N2O2/c1-14(2,3)15-11-9-12(17)16(13(11)18)10-7-5-4-6-8-10/h4-8,11,15H,9H2,1-3H3/t11-/m1/s1. The minimum Gasteiger partial charge on any atom is -0.301 e. The largest absolute Gasteiger partial charge is 0.301 e. The number of imide groups is 1. The summed E-state index contributed by atoms with van der Waals surface area (Å²) in [6.07, 6.45) is 0.227. The van der Waals surface area contributed by atoms with Gasteiger partial charge < -0.3 is 5.32 Å². The van der Waals surface area contributed by atoms with Crippen LogP contribution in [0.4, 0.5) is 5.69 Å². The van der Waals surface area contributed by atoms with Gasteiger partial charge in [-0.3, -0.25) is 9.59 Å². The van der Waals surface area contributed by atoms with E-state index in [9.17, 15) is 9.59 Å². The first-order valence-electron chi connectivity index (χ1n) is 6.08. The summed E-state index contributed by atoms with van der Waals surface area (Å²) in [6.45, 7) is 5.95. The topological polar surface area (TPSA) is 49.4 Å². The van der Waals surface area contributed by atoms with Crippen molar-refractivity contribution in [3.05, 3.63) is 30.3 Å². The number of para-hydroxylation sites is 1. The van der Waals surface area contributed by atoms with E-state index in [-0.39, 0.29) is 23.8 Å². The Kier molecular flexibility index (Phi) is 3.22. The van der Waals surface area contributed by atoms with Gasteiger partial charge in [0.05, 0.1) is 18.2 Å². The predicted octanol–water partition coefficient (Wildman–Crippen LogP) is 1.71. The molecule has 0 saturated carbocycles. The quantitative estimate of drug-likeness (QED) is 0.808. The van der Waals surface area contributed by atoms with Crippen molar-refractivity contribution in [1.29, 1.82) is 0 Å². The predicted molar refractivity (Wildman–Crippen MR) is 70.2 cm³/mol. The van der Waals surface area contributed by atoms with Crippen LogP contribution >= 0.6 is 0 Å². The number of rotatable bonds is 2. The van der Waals surface area contributed by atoms with Crippen molar-refractivity contribution in [2.24, 2.45) is 0 Å². The molecule has 0 aromatic heterocycles. The van der Waals surface area contributed by atoms with Gasteiger partial charge in [0, 0.05) is 5.54 Å². The van der Waals surface area contributed by atoms with Gasteiger partial charge in [-0.15, -0.1) is 0 Å². The number of benzene rings is 1. The van der Waals surface area contributed by atoms with Gasteiger partial charge in [0.25, 0.3) is 5.91 Å². The molecule has 18 heavy (non-hydrogen) atoms. The average molecular weight is 246 g/mol. The highest BCUT2D eigenvalue weighted by molar-refractivity contribution is 6.22. The first-order chi connectivity index (χ1) is 8.38. The molecule has 1 fully saturated rings. The maximum atomic E-state index is 12.2. The molecule has 1 saturated heterocycles. The summed E-state index contributed by atoms with van der Waals surface area (Å²) >= 11 is 0. The highest BCUT2D eigenvalue weighted by Crippen LogP contribution is 2.23. The van der Waals surface area contributed by atoms with Crippen molar-refractivity contribution in [3.8, 4) is 0 Å². The zero-order valence-corrected chi connectivity index (χ0v) is 10.9. The molecule has 0 unspecified atom stereocenters. The summed E-state index contributed by atoms with van der Waals surface area (Å²) in [7, 11) is 0. The molecule has 1 atom stereocenters. The van der Waals surface area contributed by atoms with Crippen LogP contribution in [0.3, 0.4) is 0 Å². The lowest BCUT2D eigenvalue weighted by Crippen LogP contribution is -2.47. The zero-order chi connectivity index (χ0) is 13.3. The number of carbonyl (C=O) groups excluding carboxylic acids is 2. The van der Waals surface area contributed by atoms with Crippen LogP contribution in [-0.4, -0.2) is 23.4 Å². The van der Waals surface area contributed by atoms with Crippen LogP contribution in [0.1, 0.15) is 27.2 Å². The highest BCUT2D eigenvalue weighted by Gasteiger charge is 2.40. The molecule has 2 rings (SSSR count). The van der Waals surface area contributed by atoms with Crippen molar-refractivity contribution in [2.45, 2.75) is 38.8 Å². The van der Waals surface area contributed by atoms with E-state index in [0.29, 0.717) is 5.69 Å². The Hall–Kier alpha value is -1.68. The van der Waals surface area contributed by atoms with Crippen LogP contribution in [-0.2, 0) is 9.59 Å². The molecule has 4 nitrogen and oxygen atoms in total. The smallest absolute Gasteiger partial charge is 0.251 e. The highest BCUT2D eigenvalue weighted by atomic mass is 16.2. The van der Waals surface area contributed by atoms with Crippen molar-refractivity contribution >= 4 is 17.5 Å². The normalized spacial score (nSPS) is 20.6. The first-order valence-corrected chi connectivity index (χ1v) is 6.08. The maximum absolute atomic E-state index is 12.2. The Morgan fingerprint density at radius 2 is 1.78 bits per heavy atom. The molecule has 0 bridgehead atoms. The molecule has 0 spiro atoms. The van der Waals surface area contributed by atoms with Crippen molar-refractivity contribution in [3.63, 3.8) is 0 Å². The van der Waals surface area contributed by atoms with E-state index in [1.807, 2.05) is 39.0 Å². The SMILES string of the molecule is CC(C)(C)N[C@@H]1CC(=O)N(c2ccccc2)C1=O. The van der Waals surface area contributed by atoms with Crippen LogP contribution in [0.25, 0.3) is 0 Å². The van der Waals surface area contributed by atoms with Gasteiger partial charge >= 0.3 is 0 Å². The second-order valence-electron chi connectivity index (χ2n) is 5.55. The van der Waals surface area contributed by atoms with Gasteiger partial charge in [-0.25, -0.2) is 4.90 Å². The van der Waals surface area contributed by atoms with Crippen molar-refractivity contribution < 1.29 is 9.59 Å². The molecule has 1 N–H and O–H groups in total. The molecular formula is C14H18N2O2. The molecule has 0 aliphatic carbocycles. The Bertz CT molecular complexity index is 462. The molecule has 1 aliphatic rings. The third-order valence-electron chi connectivity index (χ3n) is 2.77. The van der Waals surface area contributed by atoms with Crippen molar-refractivity contribution in [1.82, 2.24) is 5.32 Å². The number of nitrogens with zero attached hydrogens (tertiary/aromatic N) is 1. The van der Waals surface area contributed by atoms with E-state index >= 15 is 0 Å². The average Bonchev–Trinajstić information content (AvgIpc) is 2.53. The number of amides is 2. The number of hydrogen-bond donors (Lipinski definition) is 1. The Morgan fingerprint density at radius 3 is 2.33 bits per heavy atom. The first kappa shape index (κ1) is 12.8. The summed E-state index contributed by atoms with van der Waals surface area (Å²) in [5, 5.41) is 3.19. The molecule has 4 heteroatoms. The third-order valence-corrected chi connectivity index (χ3v) is 2.77. The fraction of sp³-hybridized carbons (Fsp3) is 0.429. The van der Waals surface area contributed by atoms with E-state index in [1.54, 1.807) is 12.1 Å². The van der Waals surface area contributed by atoms with E-state index in [2.05, 4.69) is 5.32 Å². The monoisotopic (exact) mass is 246 g/mol. The van der Waals surface area contributed by atoms with E-state index in [0.717, 1.165) is 0 Å². The Labute approximate surface area is 107 Å². The van der Waals surface area contributed by atoms with Gasteiger partial charge in [0.15, 0.2) is 0 Å². The molecule has 96 valence electrons. The van der Waals surface area contributed by atoms with Gasteiger partial charge in [0.2, 0.25) is 5.91 Å². The van der Waals surface area contributed by atoms with E-state index < -0.39 is 6.04 Å². The summed E-state index contributed by atoms with van der Waals surface area (Å²) in [4.78, 5) is 25.5. The molecule has 2 amide bonds. The number of hydrogen-bond acceptors (Lipinski definition) is 3. The maximum Gasteiger partial charge on any atom is 0.251 e. The van der Waals surface area contributed by atoms with Gasteiger partial charge in [-0.1, -0.05) is 18.2 Å². The van der Waals surface area contributed by atoms with Crippen LogP contribution in [0.15, 0.2) is 30.3 Å². The van der Waals surface area contributed by atoms with Crippen LogP contribution in [0.5, 0.6) is 0 Å². The lowest BCUT2D eigenvalue weighted by Gasteiger charge is -2.24. The second kappa shape index (κ2) is 4.53. The van der Waals surface area contributed by atoms with Gasteiger partial charge in [-0.2, -0.15) is 0 Å². The summed E-state index contributed by atoms with van der Waals surface area (Å²) in [5.74, 6) is -0.311. The summed E-state index contributed by atoms with van der Waals surface area (Å²) in [6, 6.07) is 8.63. The summed E-state index contributed by atoms with van der Waals surface area (Å²) < 4.78 is 0. The second-order valence-corrected chi connectivity index (χ2v) is 5.55. The van der Waals surface area contributed by atoms with E-state index in [1.165, 1.54) is 4.90 Å². The number of nitrogens with one attached hydrogen (secondary N) is 1. The molecule has 1 aromatic rings. The van der Waals surface area contributed by atoms with Crippen LogP contribution in [0, 0.1) is 0 Å². The fourth-order valence-corrected chi connectivity index (χ4v) is 2.12. The van der Waals surface area contributed by atoms with Crippen LogP contribution < -0.4 is 10.2 Å². The minimum atomic E-state index is -0.419. The molecule has 1 aliphatic heterocycles. The Morgan fingerprint density at radius 1 is 1.17 bits per heavy atom. The number of anilines is 1. The minimum absolute atomic E-state index is 0.145.